The number of nitrogens with one attached hydrogen (secondary N) is 1. The number of aryl methyl sites for hydroxylation is 1. The number of ether oxygens (including phenoxy) is 1. The topological polar surface area (TPSA) is 70.9 Å². The van der Waals surface area contributed by atoms with Gasteiger partial charge in [0.1, 0.15) is 0 Å². The van der Waals surface area contributed by atoms with Crippen LogP contribution in [0.1, 0.15) is 11.1 Å². The first-order valence-electron chi connectivity index (χ1n) is 7.39. The molecule has 2 N–H and O–H groups in total. The van der Waals surface area contributed by atoms with E-state index in [2.05, 4.69) is 10.3 Å². The first kappa shape index (κ1) is 17.8. The standard InChI is InChI=1S/C18H15IN2O3S/c1-10-4-3-5-12(6-10)20-18-21-17(23)15(25-18)9-11-7-13(19)16(22)14(8-11)24-2/h3-9,22H,1-2H3,(H,20,21,23)/b15-9+. The maximum Gasteiger partial charge on any atom is 0.264 e. The van der Waals surface area contributed by atoms with Crippen LogP contribution in [0.15, 0.2) is 46.3 Å². The lowest BCUT2D eigenvalue weighted by atomic mass is 10.2. The van der Waals surface area contributed by atoms with Gasteiger partial charge >= 0.3 is 0 Å². The van der Waals surface area contributed by atoms with E-state index in [1.807, 2.05) is 53.8 Å². The summed E-state index contributed by atoms with van der Waals surface area (Å²) in [6.07, 6.45) is 1.75. The molecule has 1 saturated heterocycles. The Kier molecular flexibility index (Phi) is 5.33. The Bertz CT molecular complexity index is 909. The van der Waals surface area contributed by atoms with E-state index in [0.29, 0.717) is 19.4 Å². The lowest BCUT2D eigenvalue weighted by Gasteiger charge is -2.06. The highest BCUT2D eigenvalue weighted by Gasteiger charge is 2.24. The minimum Gasteiger partial charge on any atom is -0.504 e. The zero-order valence-electron chi connectivity index (χ0n) is 13.5. The van der Waals surface area contributed by atoms with Crippen LogP contribution in [0.4, 0.5) is 5.69 Å². The van der Waals surface area contributed by atoms with Crippen molar-refractivity contribution in [2.24, 2.45) is 4.99 Å². The van der Waals surface area contributed by atoms with Gasteiger partial charge in [-0.05, 0) is 82.7 Å². The molecule has 1 heterocycles. The van der Waals surface area contributed by atoms with Gasteiger partial charge in [0, 0.05) is 0 Å². The van der Waals surface area contributed by atoms with Crippen molar-refractivity contribution in [3.05, 3.63) is 56.0 Å². The first-order chi connectivity index (χ1) is 12.0. The fraction of sp³-hybridized carbons (Fsp3) is 0.111. The average Bonchev–Trinajstić information content (AvgIpc) is 2.90. The fourth-order valence-corrected chi connectivity index (χ4v) is 3.75. The van der Waals surface area contributed by atoms with Crippen LogP contribution in [0, 0.1) is 10.5 Å². The number of phenols is 1. The van der Waals surface area contributed by atoms with Crippen LogP contribution in [0.5, 0.6) is 11.5 Å². The Morgan fingerprint density at radius 3 is 2.84 bits per heavy atom. The SMILES string of the molecule is COc1cc(/C=C2/SC(=Nc3cccc(C)c3)NC2=O)cc(I)c1O. The van der Waals surface area contributed by atoms with E-state index in [4.69, 9.17) is 4.74 Å². The molecule has 0 saturated carbocycles. The highest BCUT2D eigenvalue weighted by atomic mass is 127. The van der Waals surface area contributed by atoms with Crippen molar-refractivity contribution in [1.82, 2.24) is 5.32 Å². The lowest BCUT2D eigenvalue weighted by molar-refractivity contribution is -0.115. The van der Waals surface area contributed by atoms with Gasteiger partial charge < -0.3 is 15.2 Å². The smallest absolute Gasteiger partial charge is 0.264 e. The van der Waals surface area contributed by atoms with E-state index in [9.17, 15) is 9.90 Å². The van der Waals surface area contributed by atoms with Gasteiger partial charge in [0.15, 0.2) is 16.7 Å². The molecule has 3 rings (SSSR count). The largest absolute Gasteiger partial charge is 0.504 e. The van der Waals surface area contributed by atoms with E-state index in [1.54, 1.807) is 18.2 Å². The Morgan fingerprint density at radius 2 is 2.12 bits per heavy atom. The minimum absolute atomic E-state index is 0.0930. The highest BCUT2D eigenvalue weighted by molar-refractivity contribution is 14.1. The highest BCUT2D eigenvalue weighted by Crippen LogP contribution is 2.35. The van der Waals surface area contributed by atoms with Gasteiger partial charge in [0.2, 0.25) is 0 Å². The summed E-state index contributed by atoms with van der Waals surface area (Å²) in [5.41, 5.74) is 2.68. The van der Waals surface area contributed by atoms with E-state index < -0.39 is 0 Å². The number of amides is 1. The van der Waals surface area contributed by atoms with Gasteiger partial charge in [-0.1, -0.05) is 12.1 Å². The first-order valence-corrected chi connectivity index (χ1v) is 9.28. The van der Waals surface area contributed by atoms with Gasteiger partial charge in [-0.15, -0.1) is 0 Å². The number of thioether (sulfide) groups is 1. The lowest BCUT2D eigenvalue weighted by Crippen LogP contribution is -2.19. The molecule has 7 heteroatoms. The van der Waals surface area contributed by atoms with Gasteiger partial charge in [-0.3, -0.25) is 4.79 Å². The van der Waals surface area contributed by atoms with Gasteiger partial charge in [-0.25, -0.2) is 4.99 Å². The fourth-order valence-electron chi connectivity index (χ4n) is 2.28. The number of phenolic OH excluding ortho intramolecular Hbond substituents is 1. The summed E-state index contributed by atoms with van der Waals surface area (Å²) >= 11 is 3.31. The van der Waals surface area contributed by atoms with Crippen molar-refractivity contribution in [3.63, 3.8) is 0 Å². The number of nitrogens with zero attached hydrogens (tertiary/aromatic N) is 1. The molecular formula is C18H15IN2O3S. The number of benzene rings is 2. The van der Waals surface area contributed by atoms with Crippen molar-refractivity contribution in [2.75, 3.05) is 7.11 Å². The molecule has 2 aromatic rings. The number of hydrogen-bond acceptors (Lipinski definition) is 5. The van der Waals surface area contributed by atoms with Gasteiger partial charge in [0.05, 0.1) is 21.3 Å². The second kappa shape index (κ2) is 7.49. The molecule has 0 spiro atoms. The van der Waals surface area contributed by atoms with Gasteiger partial charge in [0.25, 0.3) is 5.91 Å². The summed E-state index contributed by atoms with van der Waals surface area (Å²) in [7, 11) is 1.49. The van der Waals surface area contributed by atoms with E-state index >= 15 is 0 Å². The normalized spacial score (nSPS) is 17.2. The van der Waals surface area contributed by atoms with E-state index in [1.165, 1.54) is 18.9 Å². The number of methoxy groups -OCH3 is 1. The molecule has 2 aromatic carbocycles. The molecule has 1 amide bonds. The van der Waals surface area contributed by atoms with Crippen LogP contribution >= 0.6 is 34.4 Å². The molecule has 128 valence electrons. The summed E-state index contributed by atoms with van der Waals surface area (Å²) in [5, 5.41) is 13.2. The Morgan fingerprint density at radius 1 is 1.32 bits per heavy atom. The number of aliphatic imine (C=N–C) groups is 1. The molecule has 1 aliphatic rings. The molecule has 25 heavy (non-hydrogen) atoms. The maximum absolute atomic E-state index is 12.2. The van der Waals surface area contributed by atoms with Crippen molar-refractivity contribution in [1.29, 1.82) is 0 Å². The Labute approximate surface area is 163 Å². The van der Waals surface area contributed by atoms with Crippen LogP contribution < -0.4 is 10.1 Å². The zero-order chi connectivity index (χ0) is 18.0. The molecule has 0 aliphatic carbocycles. The van der Waals surface area contributed by atoms with Crippen LogP contribution in [-0.4, -0.2) is 23.3 Å². The van der Waals surface area contributed by atoms with E-state index in [0.717, 1.165) is 16.8 Å². The van der Waals surface area contributed by atoms with Crippen LogP contribution in [0.3, 0.4) is 0 Å². The van der Waals surface area contributed by atoms with Crippen LogP contribution in [0.2, 0.25) is 0 Å². The third kappa shape index (κ3) is 4.16. The predicted molar refractivity (Wildman–Crippen MR) is 109 cm³/mol. The molecule has 1 fully saturated rings. The summed E-state index contributed by atoms with van der Waals surface area (Å²) in [5.74, 6) is 0.268. The zero-order valence-corrected chi connectivity index (χ0v) is 16.5. The third-order valence-electron chi connectivity index (χ3n) is 3.45. The van der Waals surface area contributed by atoms with Crippen molar-refractivity contribution >= 4 is 57.2 Å². The van der Waals surface area contributed by atoms with Crippen LogP contribution in [0.25, 0.3) is 6.08 Å². The molecule has 0 bridgehead atoms. The number of hydrogen-bond donors (Lipinski definition) is 2. The summed E-state index contributed by atoms with van der Waals surface area (Å²) in [6, 6.07) is 11.2. The molecule has 0 radical (unpaired) electrons. The van der Waals surface area contributed by atoms with Crippen molar-refractivity contribution in [3.8, 4) is 11.5 Å². The van der Waals surface area contributed by atoms with Crippen LogP contribution in [-0.2, 0) is 4.79 Å². The molecule has 0 atom stereocenters. The quantitative estimate of drug-likeness (QED) is 0.526. The number of halogens is 1. The number of aromatic hydroxyl groups is 1. The molecule has 1 aliphatic heterocycles. The second-order valence-electron chi connectivity index (χ2n) is 5.37. The molecular weight excluding hydrogens is 451 g/mol. The molecule has 5 nitrogen and oxygen atoms in total. The minimum atomic E-state index is -0.196. The van der Waals surface area contributed by atoms with Crippen molar-refractivity contribution in [2.45, 2.75) is 6.92 Å². The number of amidine groups is 1. The Hall–Kier alpha value is -2.00. The average molecular weight is 466 g/mol. The molecule has 0 unspecified atom stereocenters. The monoisotopic (exact) mass is 466 g/mol. The number of rotatable bonds is 3. The summed E-state index contributed by atoms with van der Waals surface area (Å²) < 4.78 is 5.81. The van der Waals surface area contributed by atoms with Crippen molar-refractivity contribution < 1.29 is 14.6 Å². The van der Waals surface area contributed by atoms with E-state index in [-0.39, 0.29) is 11.7 Å². The molecule has 0 aromatic heterocycles. The number of carbonyl (C=O) groups excluding carboxylic acids is 1. The summed E-state index contributed by atoms with van der Waals surface area (Å²) in [4.78, 5) is 17.2. The maximum atomic E-state index is 12.2. The van der Waals surface area contributed by atoms with Gasteiger partial charge in [-0.2, -0.15) is 0 Å². The summed E-state index contributed by atoms with van der Waals surface area (Å²) in [6.45, 7) is 2.00. The third-order valence-corrected chi connectivity index (χ3v) is 5.18. The Balaban J connectivity index is 1.88. The second-order valence-corrected chi connectivity index (χ2v) is 7.57. The predicted octanol–water partition coefficient (Wildman–Crippen LogP) is 4.21. The number of carbonyl (C=O) groups is 1.